The van der Waals surface area contributed by atoms with Gasteiger partial charge < -0.3 is 10.1 Å². The summed E-state index contributed by atoms with van der Waals surface area (Å²) >= 11 is 0. The number of hydrogen-bond donors (Lipinski definition) is 1. The molecule has 2 aromatic rings. The summed E-state index contributed by atoms with van der Waals surface area (Å²) in [6.45, 7) is 1.70. The zero-order chi connectivity index (χ0) is 15.9. The first-order valence-electron chi connectivity index (χ1n) is 6.74. The van der Waals surface area contributed by atoms with E-state index >= 15 is 0 Å². The third kappa shape index (κ3) is 4.06. The van der Waals surface area contributed by atoms with Crippen molar-refractivity contribution in [3.05, 3.63) is 65.0 Å². The predicted octanol–water partition coefficient (Wildman–Crippen LogP) is 2.70. The maximum absolute atomic E-state index is 13.4. The summed E-state index contributed by atoms with van der Waals surface area (Å²) in [5.41, 5.74) is 1.61. The van der Waals surface area contributed by atoms with Crippen molar-refractivity contribution in [3.8, 4) is 11.8 Å². The van der Waals surface area contributed by atoms with Gasteiger partial charge in [-0.2, -0.15) is 5.26 Å². The normalized spacial score (nSPS) is 9.86. The highest BCUT2D eigenvalue weighted by Gasteiger charge is 2.07. The van der Waals surface area contributed by atoms with Crippen molar-refractivity contribution in [1.29, 1.82) is 5.26 Å². The van der Waals surface area contributed by atoms with E-state index in [9.17, 15) is 9.18 Å². The maximum atomic E-state index is 13.4. The van der Waals surface area contributed by atoms with Gasteiger partial charge in [-0.1, -0.05) is 24.3 Å². The first kappa shape index (κ1) is 15.5. The Labute approximate surface area is 128 Å². The molecule has 0 spiro atoms. The number of benzene rings is 2. The average molecular weight is 298 g/mol. The van der Waals surface area contributed by atoms with Crippen molar-refractivity contribution in [2.45, 2.75) is 13.5 Å². The van der Waals surface area contributed by atoms with Gasteiger partial charge in [-0.15, -0.1) is 0 Å². The lowest BCUT2D eigenvalue weighted by molar-refractivity contribution is -0.123. The second-order valence-electron chi connectivity index (χ2n) is 4.76. The number of halogens is 1. The molecule has 0 atom stereocenters. The monoisotopic (exact) mass is 298 g/mol. The molecule has 0 aliphatic heterocycles. The molecule has 2 aromatic carbocycles. The van der Waals surface area contributed by atoms with Gasteiger partial charge in [0.25, 0.3) is 5.91 Å². The van der Waals surface area contributed by atoms with Gasteiger partial charge in [-0.25, -0.2) is 4.39 Å². The van der Waals surface area contributed by atoms with Crippen molar-refractivity contribution in [3.63, 3.8) is 0 Å². The quantitative estimate of drug-likeness (QED) is 0.923. The molecule has 2 rings (SSSR count). The Hall–Kier alpha value is -2.87. The van der Waals surface area contributed by atoms with Gasteiger partial charge in [-0.05, 0) is 36.2 Å². The fourth-order valence-electron chi connectivity index (χ4n) is 1.83. The van der Waals surface area contributed by atoms with E-state index in [0.717, 1.165) is 0 Å². The van der Waals surface area contributed by atoms with Gasteiger partial charge in [0.15, 0.2) is 6.61 Å². The largest absolute Gasteiger partial charge is 0.482 e. The minimum absolute atomic E-state index is 0.201. The minimum Gasteiger partial charge on any atom is -0.482 e. The fourth-order valence-corrected chi connectivity index (χ4v) is 1.83. The first-order valence-corrected chi connectivity index (χ1v) is 6.74. The second-order valence-corrected chi connectivity index (χ2v) is 4.76. The fraction of sp³-hybridized carbons (Fsp3) is 0.176. The van der Waals surface area contributed by atoms with E-state index in [0.29, 0.717) is 22.4 Å². The van der Waals surface area contributed by atoms with Crippen LogP contribution in [0.2, 0.25) is 0 Å². The van der Waals surface area contributed by atoms with Crippen LogP contribution in [-0.2, 0) is 11.3 Å². The molecule has 0 unspecified atom stereocenters. The summed E-state index contributed by atoms with van der Waals surface area (Å²) in [5, 5.41) is 11.6. The van der Waals surface area contributed by atoms with E-state index in [1.165, 1.54) is 6.07 Å². The van der Waals surface area contributed by atoms with Gasteiger partial charge in [0.1, 0.15) is 17.6 Å². The van der Waals surface area contributed by atoms with Gasteiger partial charge in [-0.3, -0.25) is 4.79 Å². The number of nitriles is 1. The molecule has 1 N–H and O–H groups in total. The molecule has 0 fully saturated rings. The van der Waals surface area contributed by atoms with E-state index in [-0.39, 0.29) is 24.9 Å². The van der Waals surface area contributed by atoms with Crippen LogP contribution < -0.4 is 10.1 Å². The van der Waals surface area contributed by atoms with E-state index in [4.69, 9.17) is 10.00 Å². The number of carbonyl (C=O) groups is 1. The summed E-state index contributed by atoms with van der Waals surface area (Å²) in [4.78, 5) is 11.7. The Morgan fingerprint density at radius 2 is 2.09 bits per heavy atom. The highest BCUT2D eigenvalue weighted by atomic mass is 19.1. The number of nitrogens with one attached hydrogen (secondary N) is 1. The summed E-state index contributed by atoms with van der Waals surface area (Å²) in [6.07, 6.45) is 0. The molecule has 22 heavy (non-hydrogen) atoms. The maximum Gasteiger partial charge on any atom is 0.258 e. The van der Waals surface area contributed by atoms with Crippen LogP contribution in [-0.4, -0.2) is 12.5 Å². The summed E-state index contributed by atoms with van der Waals surface area (Å²) in [7, 11) is 0. The summed E-state index contributed by atoms with van der Waals surface area (Å²) in [5.74, 6) is -0.277. The Bertz CT molecular complexity index is 723. The van der Waals surface area contributed by atoms with Crippen LogP contribution in [0.3, 0.4) is 0 Å². The minimum atomic E-state index is -0.339. The lowest BCUT2D eigenvalue weighted by atomic mass is 10.1. The van der Waals surface area contributed by atoms with Crippen LogP contribution in [0.15, 0.2) is 42.5 Å². The zero-order valence-corrected chi connectivity index (χ0v) is 12.1. The third-order valence-corrected chi connectivity index (χ3v) is 3.09. The van der Waals surface area contributed by atoms with Crippen molar-refractivity contribution in [2.75, 3.05) is 6.61 Å². The second kappa shape index (κ2) is 7.23. The van der Waals surface area contributed by atoms with Crippen molar-refractivity contribution in [1.82, 2.24) is 5.32 Å². The van der Waals surface area contributed by atoms with Crippen LogP contribution in [0.4, 0.5) is 4.39 Å². The van der Waals surface area contributed by atoms with Gasteiger partial charge in [0, 0.05) is 6.54 Å². The van der Waals surface area contributed by atoms with Crippen molar-refractivity contribution >= 4 is 5.91 Å². The molecular formula is C17H15FN2O2. The molecule has 1 amide bonds. The molecule has 5 heteroatoms. The predicted molar refractivity (Wildman–Crippen MR) is 79.6 cm³/mol. The Balaban J connectivity index is 1.86. The van der Waals surface area contributed by atoms with Gasteiger partial charge in [0.05, 0.1) is 5.56 Å². The molecule has 0 heterocycles. The first-order chi connectivity index (χ1) is 10.6. The molecule has 112 valence electrons. The number of para-hydroxylation sites is 1. The van der Waals surface area contributed by atoms with E-state index in [1.807, 2.05) is 6.07 Å². The number of carbonyl (C=O) groups excluding carboxylic acids is 1. The average Bonchev–Trinajstić information content (AvgIpc) is 2.54. The van der Waals surface area contributed by atoms with Gasteiger partial charge in [0.2, 0.25) is 0 Å². The number of amides is 1. The van der Waals surface area contributed by atoms with E-state index in [1.54, 1.807) is 43.3 Å². The number of nitrogens with zero attached hydrogens (tertiary/aromatic N) is 1. The molecule has 0 aliphatic carbocycles. The van der Waals surface area contributed by atoms with E-state index in [2.05, 4.69) is 5.32 Å². The Morgan fingerprint density at radius 1 is 1.32 bits per heavy atom. The van der Waals surface area contributed by atoms with Gasteiger partial charge >= 0.3 is 0 Å². The van der Waals surface area contributed by atoms with E-state index < -0.39 is 0 Å². The molecule has 0 aliphatic rings. The molecule has 0 aromatic heterocycles. The standard InChI is InChI=1S/C17H15FN2O2/c1-12-6-7-13(8-15(12)18)10-20-17(21)11-22-16-5-3-2-4-14(16)9-19/h2-8H,10-11H2,1H3,(H,20,21). The molecule has 0 saturated heterocycles. The topological polar surface area (TPSA) is 62.1 Å². The zero-order valence-electron chi connectivity index (χ0n) is 12.1. The van der Waals surface area contributed by atoms with Crippen LogP contribution in [0, 0.1) is 24.1 Å². The summed E-state index contributed by atoms with van der Waals surface area (Å²) in [6, 6.07) is 13.5. The van der Waals surface area contributed by atoms with Crippen molar-refractivity contribution in [2.24, 2.45) is 0 Å². The number of rotatable bonds is 5. The molecule has 0 saturated carbocycles. The van der Waals surface area contributed by atoms with Crippen LogP contribution in [0.25, 0.3) is 0 Å². The Morgan fingerprint density at radius 3 is 2.82 bits per heavy atom. The molecule has 0 radical (unpaired) electrons. The number of hydrogen-bond acceptors (Lipinski definition) is 3. The molecule has 4 nitrogen and oxygen atoms in total. The lowest BCUT2D eigenvalue weighted by Gasteiger charge is -2.09. The number of aryl methyl sites for hydroxylation is 1. The molecule has 0 bridgehead atoms. The smallest absolute Gasteiger partial charge is 0.258 e. The SMILES string of the molecule is Cc1ccc(CNC(=O)COc2ccccc2C#N)cc1F. The molecular weight excluding hydrogens is 283 g/mol. The highest BCUT2D eigenvalue weighted by molar-refractivity contribution is 5.77. The van der Waals surface area contributed by atoms with Crippen LogP contribution in [0.5, 0.6) is 5.75 Å². The lowest BCUT2D eigenvalue weighted by Crippen LogP contribution is -2.28. The third-order valence-electron chi connectivity index (χ3n) is 3.09. The van der Waals surface area contributed by atoms with Crippen LogP contribution in [0.1, 0.15) is 16.7 Å². The number of ether oxygens (including phenoxy) is 1. The Kier molecular flexibility index (Phi) is 5.10. The van der Waals surface area contributed by atoms with Crippen molar-refractivity contribution < 1.29 is 13.9 Å². The van der Waals surface area contributed by atoms with Crippen LogP contribution >= 0.6 is 0 Å². The highest BCUT2D eigenvalue weighted by Crippen LogP contribution is 2.16. The summed E-state index contributed by atoms with van der Waals surface area (Å²) < 4.78 is 18.7.